The van der Waals surface area contributed by atoms with Crippen LogP contribution in [0.3, 0.4) is 0 Å². The summed E-state index contributed by atoms with van der Waals surface area (Å²) in [7, 11) is 0. The summed E-state index contributed by atoms with van der Waals surface area (Å²) >= 11 is 0. The van der Waals surface area contributed by atoms with Crippen LogP contribution >= 0.6 is 0 Å². The number of benzene rings is 1. The predicted octanol–water partition coefficient (Wildman–Crippen LogP) is 3.52. The third kappa shape index (κ3) is 2.22. The summed E-state index contributed by atoms with van der Waals surface area (Å²) in [6, 6.07) is 9.16. The van der Waals surface area contributed by atoms with Crippen molar-refractivity contribution < 1.29 is 9.15 Å². The number of aryl methyl sites for hydroxylation is 1. The first kappa shape index (κ1) is 12.0. The molecule has 0 spiro atoms. The van der Waals surface area contributed by atoms with Gasteiger partial charge in [0.2, 0.25) is 0 Å². The van der Waals surface area contributed by atoms with Gasteiger partial charge in [-0.25, -0.2) is 0 Å². The third-order valence-corrected chi connectivity index (χ3v) is 4.10. The lowest BCUT2D eigenvalue weighted by Gasteiger charge is -2.20. The van der Waals surface area contributed by atoms with Crippen LogP contribution in [0.1, 0.15) is 30.6 Å². The van der Waals surface area contributed by atoms with Crippen LogP contribution in [0.5, 0.6) is 5.75 Å². The van der Waals surface area contributed by atoms with Gasteiger partial charge in [-0.3, -0.25) is 0 Å². The predicted molar refractivity (Wildman–Crippen MR) is 77.8 cm³/mol. The number of hydrogen-bond acceptors (Lipinski definition) is 3. The zero-order valence-corrected chi connectivity index (χ0v) is 11.5. The highest BCUT2D eigenvalue weighted by molar-refractivity contribution is 5.74. The third-order valence-electron chi connectivity index (χ3n) is 4.10. The van der Waals surface area contributed by atoms with Crippen molar-refractivity contribution in [1.29, 1.82) is 0 Å². The highest BCUT2D eigenvalue weighted by atomic mass is 16.5. The van der Waals surface area contributed by atoms with Crippen LogP contribution in [-0.4, -0.2) is 12.6 Å². The van der Waals surface area contributed by atoms with Gasteiger partial charge in [0.25, 0.3) is 0 Å². The molecule has 0 unspecified atom stereocenters. The van der Waals surface area contributed by atoms with Crippen molar-refractivity contribution in [2.75, 3.05) is 6.61 Å². The van der Waals surface area contributed by atoms with E-state index in [2.05, 4.69) is 29.6 Å². The average Bonchev–Trinajstić information content (AvgIpc) is 3.21. The first-order valence-corrected chi connectivity index (χ1v) is 7.46. The molecule has 1 saturated carbocycles. The number of para-hydroxylation sites is 1. The van der Waals surface area contributed by atoms with E-state index >= 15 is 0 Å². The van der Waals surface area contributed by atoms with E-state index in [-0.39, 0.29) is 0 Å². The van der Waals surface area contributed by atoms with Crippen molar-refractivity contribution in [3.05, 3.63) is 41.9 Å². The Labute approximate surface area is 118 Å². The summed E-state index contributed by atoms with van der Waals surface area (Å²) in [5.74, 6) is 2.06. The van der Waals surface area contributed by atoms with Gasteiger partial charge in [0.15, 0.2) is 0 Å². The molecule has 1 aromatic carbocycles. The first-order valence-electron chi connectivity index (χ1n) is 7.46. The SMILES string of the molecule is c1cc2c(c(-c3ccoc3CNC3CC3)c1)OCCC2. The lowest BCUT2D eigenvalue weighted by Crippen LogP contribution is -2.15. The van der Waals surface area contributed by atoms with E-state index in [1.165, 1.54) is 24.0 Å². The molecular formula is C17H19NO2. The second-order valence-electron chi connectivity index (χ2n) is 5.66. The number of nitrogens with one attached hydrogen (secondary N) is 1. The number of rotatable bonds is 4. The molecule has 2 aliphatic rings. The lowest BCUT2D eigenvalue weighted by atomic mass is 9.98. The molecule has 0 amide bonds. The minimum Gasteiger partial charge on any atom is -0.493 e. The Morgan fingerprint density at radius 1 is 1.15 bits per heavy atom. The first-order chi connectivity index (χ1) is 9.92. The highest BCUT2D eigenvalue weighted by Crippen LogP contribution is 2.38. The van der Waals surface area contributed by atoms with Crippen molar-refractivity contribution in [3.8, 4) is 16.9 Å². The van der Waals surface area contributed by atoms with Crippen LogP contribution < -0.4 is 10.1 Å². The maximum atomic E-state index is 5.91. The fourth-order valence-electron chi connectivity index (χ4n) is 2.84. The number of fused-ring (bicyclic) bond motifs is 1. The smallest absolute Gasteiger partial charge is 0.130 e. The molecule has 1 aliphatic heterocycles. The number of hydrogen-bond donors (Lipinski definition) is 1. The molecule has 1 N–H and O–H groups in total. The van der Waals surface area contributed by atoms with Gasteiger partial charge in [-0.05, 0) is 37.3 Å². The Balaban J connectivity index is 1.68. The van der Waals surface area contributed by atoms with Crippen molar-refractivity contribution in [2.24, 2.45) is 0 Å². The van der Waals surface area contributed by atoms with Gasteiger partial charge in [0, 0.05) is 17.2 Å². The fourth-order valence-corrected chi connectivity index (χ4v) is 2.84. The van der Waals surface area contributed by atoms with Gasteiger partial charge in [0.1, 0.15) is 11.5 Å². The van der Waals surface area contributed by atoms with Gasteiger partial charge < -0.3 is 14.5 Å². The van der Waals surface area contributed by atoms with Crippen molar-refractivity contribution in [1.82, 2.24) is 5.32 Å². The summed E-state index contributed by atoms with van der Waals surface area (Å²) in [5, 5.41) is 3.51. The minimum atomic E-state index is 0.689. The molecule has 1 fully saturated rings. The summed E-state index contributed by atoms with van der Waals surface area (Å²) in [6.07, 6.45) is 6.58. The van der Waals surface area contributed by atoms with Crippen molar-refractivity contribution in [3.63, 3.8) is 0 Å². The van der Waals surface area contributed by atoms with Crippen LogP contribution in [0, 0.1) is 0 Å². The summed E-state index contributed by atoms with van der Waals surface area (Å²) in [5.41, 5.74) is 3.65. The molecule has 104 valence electrons. The van der Waals surface area contributed by atoms with Crippen LogP contribution in [0.15, 0.2) is 34.9 Å². The normalized spacial score (nSPS) is 17.6. The topological polar surface area (TPSA) is 34.4 Å². The van der Waals surface area contributed by atoms with Gasteiger partial charge in [-0.2, -0.15) is 0 Å². The summed E-state index contributed by atoms with van der Waals surface area (Å²) in [6.45, 7) is 1.62. The quantitative estimate of drug-likeness (QED) is 0.922. The van der Waals surface area contributed by atoms with Crippen molar-refractivity contribution in [2.45, 2.75) is 38.3 Å². The molecule has 2 heterocycles. The molecule has 1 aliphatic carbocycles. The minimum absolute atomic E-state index is 0.689. The summed E-state index contributed by atoms with van der Waals surface area (Å²) < 4.78 is 11.6. The van der Waals surface area contributed by atoms with Crippen LogP contribution in [0.25, 0.3) is 11.1 Å². The van der Waals surface area contributed by atoms with Gasteiger partial charge in [-0.15, -0.1) is 0 Å². The zero-order valence-electron chi connectivity index (χ0n) is 11.5. The molecular weight excluding hydrogens is 250 g/mol. The average molecular weight is 269 g/mol. The number of ether oxygens (including phenoxy) is 1. The Bertz CT molecular complexity index is 613. The van der Waals surface area contributed by atoms with Crippen molar-refractivity contribution >= 4 is 0 Å². The van der Waals surface area contributed by atoms with E-state index in [1.54, 1.807) is 6.26 Å². The molecule has 20 heavy (non-hydrogen) atoms. The van der Waals surface area contributed by atoms with E-state index in [0.717, 1.165) is 43.1 Å². The molecule has 3 heteroatoms. The van der Waals surface area contributed by atoms with Gasteiger partial charge >= 0.3 is 0 Å². The maximum Gasteiger partial charge on any atom is 0.130 e. The Hall–Kier alpha value is -1.74. The zero-order chi connectivity index (χ0) is 13.4. The highest BCUT2D eigenvalue weighted by Gasteiger charge is 2.23. The maximum absolute atomic E-state index is 5.91. The molecule has 0 atom stereocenters. The molecule has 1 aromatic heterocycles. The van der Waals surface area contributed by atoms with Gasteiger partial charge in [0.05, 0.1) is 19.4 Å². The Morgan fingerprint density at radius 2 is 2.10 bits per heavy atom. The lowest BCUT2D eigenvalue weighted by molar-refractivity contribution is 0.289. The monoisotopic (exact) mass is 269 g/mol. The molecule has 0 bridgehead atoms. The van der Waals surface area contributed by atoms with E-state index in [1.807, 2.05) is 0 Å². The number of furan rings is 1. The van der Waals surface area contributed by atoms with E-state index < -0.39 is 0 Å². The van der Waals surface area contributed by atoms with E-state index in [9.17, 15) is 0 Å². The van der Waals surface area contributed by atoms with Crippen LogP contribution in [-0.2, 0) is 13.0 Å². The molecule has 3 nitrogen and oxygen atoms in total. The summed E-state index contributed by atoms with van der Waals surface area (Å²) in [4.78, 5) is 0. The van der Waals surface area contributed by atoms with E-state index in [0.29, 0.717) is 6.04 Å². The van der Waals surface area contributed by atoms with E-state index in [4.69, 9.17) is 9.15 Å². The Kier molecular flexibility index (Phi) is 3.00. The molecule has 0 radical (unpaired) electrons. The second kappa shape index (κ2) is 4.98. The standard InChI is InChI=1S/C17H19NO2/c1-3-12-4-2-9-20-17(12)15(5-1)14-8-10-19-16(14)11-18-13-6-7-13/h1,3,5,8,10,13,18H,2,4,6-7,9,11H2. The molecule has 2 aromatic rings. The van der Waals surface area contributed by atoms with Crippen LogP contribution in [0.2, 0.25) is 0 Å². The van der Waals surface area contributed by atoms with Gasteiger partial charge in [-0.1, -0.05) is 18.2 Å². The molecule has 0 saturated heterocycles. The fraction of sp³-hybridized carbons (Fsp3) is 0.412. The largest absolute Gasteiger partial charge is 0.493 e. The Morgan fingerprint density at radius 3 is 3.00 bits per heavy atom. The second-order valence-corrected chi connectivity index (χ2v) is 5.66. The van der Waals surface area contributed by atoms with Crippen LogP contribution in [0.4, 0.5) is 0 Å². The molecule has 4 rings (SSSR count).